The molecule has 0 saturated heterocycles. The van der Waals surface area contributed by atoms with Crippen LogP contribution in [0.15, 0.2) is 47.3 Å². The van der Waals surface area contributed by atoms with Gasteiger partial charge in [0.25, 0.3) is 5.91 Å². The molecule has 1 aromatic carbocycles. The lowest BCUT2D eigenvalue weighted by molar-refractivity contribution is -0.265. The number of carbonyl (C=O) groups is 1. The highest BCUT2D eigenvalue weighted by atomic mass is 35.5. The summed E-state index contributed by atoms with van der Waals surface area (Å²) in [7, 11) is 1.38. The molecule has 4 atom stereocenters. The van der Waals surface area contributed by atoms with Gasteiger partial charge in [-0.1, -0.05) is 24.6 Å². The molecule has 0 bridgehead atoms. The van der Waals surface area contributed by atoms with Crippen molar-refractivity contribution < 1.29 is 41.7 Å². The van der Waals surface area contributed by atoms with Crippen molar-refractivity contribution in [3.8, 4) is 17.2 Å². The Bertz CT molecular complexity index is 1530. The Morgan fingerprint density at radius 3 is 2.64 bits per heavy atom. The van der Waals surface area contributed by atoms with Crippen molar-refractivity contribution in [2.45, 2.75) is 56.0 Å². The van der Waals surface area contributed by atoms with E-state index in [0.29, 0.717) is 17.9 Å². The number of fused-ring (bicyclic) bond motifs is 1. The fourth-order valence-electron chi connectivity index (χ4n) is 5.40. The van der Waals surface area contributed by atoms with Crippen LogP contribution >= 0.6 is 11.6 Å². The number of hydrogen-bond donors (Lipinski definition) is 4. The van der Waals surface area contributed by atoms with Crippen LogP contribution in [0.1, 0.15) is 59.9 Å². The third-order valence-electron chi connectivity index (χ3n) is 8.33. The van der Waals surface area contributed by atoms with Crippen molar-refractivity contribution in [2.24, 2.45) is 11.7 Å². The number of nitrogens with one attached hydrogen (secondary N) is 2. The predicted octanol–water partition coefficient (Wildman–Crippen LogP) is 4.68. The van der Waals surface area contributed by atoms with E-state index in [9.17, 15) is 27.5 Å². The number of carbonyl (C=O) groups excluding carboxylic acids is 1. The first-order valence-electron chi connectivity index (χ1n) is 14.5. The van der Waals surface area contributed by atoms with E-state index in [2.05, 4.69) is 15.6 Å². The SMILES string of the molecule is COc1cc(C(=O)NCC(O)(c2cc3c(c(C4C=CC(F)=C(Cl)C4C)n2)OCC3(C)NCCN)C(F)(F)F)ccc1OC1CC1. The lowest BCUT2D eigenvalue weighted by Gasteiger charge is -2.33. The fraction of sp³-hybridized carbons (Fsp3) is 0.484. The molecule has 1 amide bonds. The van der Waals surface area contributed by atoms with Gasteiger partial charge in [-0.15, -0.1) is 0 Å². The van der Waals surface area contributed by atoms with Crippen LogP contribution in [0, 0.1) is 5.92 Å². The number of allylic oxidation sites excluding steroid dienone is 4. The largest absolute Gasteiger partial charge is 0.493 e. The smallest absolute Gasteiger partial charge is 0.424 e. The molecule has 0 spiro atoms. The molecule has 1 aliphatic heterocycles. The highest BCUT2D eigenvalue weighted by Crippen LogP contribution is 2.49. The molecule has 4 unspecified atom stereocenters. The summed E-state index contributed by atoms with van der Waals surface area (Å²) < 4.78 is 75.7. The van der Waals surface area contributed by atoms with Crippen LogP contribution in [0.5, 0.6) is 17.2 Å². The molecule has 2 aliphatic carbocycles. The van der Waals surface area contributed by atoms with E-state index < -0.39 is 53.1 Å². The van der Waals surface area contributed by atoms with Crippen LogP contribution in [0.3, 0.4) is 0 Å². The fourth-order valence-corrected chi connectivity index (χ4v) is 5.60. The molecular weight excluding hydrogens is 620 g/mol. The Kier molecular flexibility index (Phi) is 9.11. The summed E-state index contributed by atoms with van der Waals surface area (Å²) in [6, 6.07) is 5.38. The minimum atomic E-state index is -5.28. The summed E-state index contributed by atoms with van der Waals surface area (Å²) in [4.78, 5) is 17.4. The Hall–Kier alpha value is -3.39. The number of halogens is 5. The second kappa shape index (κ2) is 12.4. The van der Waals surface area contributed by atoms with Gasteiger partial charge in [-0.05, 0) is 50.1 Å². The summed E-state index contributed by atoms with van der Waals surface area (Å²) in [5.41, 5.74) is 0.621. The quantitative estimate of drug-likeness (QED) is 0.258. The Balaban J connectivity index is 1.53. The molecule has 0 radical (unpaired) electrons. The molecule has 45 heavy (non-hydrogen) atoms. The monoisotopic (exact) mass is 654 g/mol. The number of rotatable bonds is 11. The van der Waals surface area contributed by atoms with Crippen molar-refractivity contribution in [2.75, 3.05) is 33.4 Å². The first-order chi connectivity index (χ1) is 21.2. The highest BCUT2D eigenvalue weighted by molar-refractivity contribution is 6.30. The Labute approximate surface area is 262 Å². The van der Waals surface area contributed by atoms with Crippen molar-refractivity contribution >= 4 is 17.5 Å². The number of amides is 1. The zero-order valence-electron chi connectivity index (χ0n) is 24.9. The topological polar surface area (TPSA) is 128 Å². The van der Waals surface area contributed by atoms with Gasteiger partial charge in [-0.3, -0.25) is 4.79 Å². The van der Waals surface area contributed by atoms with E-state index >= 15 is 0 Å². The van der Waals surface area contributed by atoms with Crippen molar-refractivity contribution in [1.82, 2.24) is 15.6 Å². The number of aromatic nitrogens is 1. The molecule has 3 aliphatic rings. The number of pyridine rings is 1. The molecule has 1 aromatic heterocycles. The molecule has 244 valence electrons. The zero-order chi connectivity index (χ0) is 32.7. The number of ether oxygens (including phenoxy) is 3. The maximum atomic E-state index is 14.8. The summed E-state index contributed by atoms with van der Waals surface area (Å²) in [6.07, 6.45) is -0.865. The van der Waals surface area contributed by atoms with Gasteiger partial charge in [0.15, 0.2) is 11.5 Å². The van der Waals surface area contributed by atoms with Gasteiger partial charge in [0, 0.05) is 36.1 Å². The average molecular weight is 655 g/mol. The van der Waals surface area contributed by atoms with Crippen LogP contribution in [-0.2, 0) is 11.1 Å². The summed E-state index contributed by atoms with van der Waals surface area (Å²) in [5, 5.41) is 16.7. The normalized spacial score (nSPS) is 24.1. The minimum Gasteiger partial charge on any atom is -0.493 e. The van der Waals surface area contributed by atoms with Crippen molar-refractivity contribution in [3.05, 3.63) is 69.8 Å². The lowest BCUT2D eigenvalue weighted by Crippen LogP contribution is -2.52. The van der Waals surface area contributed by atoms with E-state index in [-0.39, 0.29) is 47.0 Å². The number of hydrogen-bond acceptors (Lipinski definition) is 8. The maximum Gasteiger partial charge on any atom is 0.424 e. The number of benzene rings is 1. The molecule has 2 heterocycles. The lowest BCUT2D eigenvalue weighted by atomic mass is 9.82. The van der Waals surface area contributed by atoms with Crippen LogP contribution in [0.25, 0.3) is 0 Å². The van der Waals surface area contributed by atoms with Crippen molar-refractivity contribution in [1.29, 1.82) is 0 Å². The first-order valence-corrected chi connectivity index (χ1v) is 14.9. The van der Waals surface area contributed by atoms with Gasteiger partial charge in [0.05, 0.1) is 41.7 Å². The van der Waals surface area contributed by atoms with Gasteiger partial charge in [-0.2, -0.15) is 13.2 Å². The molecule has 9 nitrogen and oxygen atoms in total. The zero-order valence-corrected chi connectivity index (χ0v) is 25.7. The number of aliphatic hydroxyl groups is 1. The van der Waals surface area contributed by atoms with Gasteiger partial charge in [0.2, 0.25) is 5.60 Å². The van der Waals surface area contributed by atoms with Gasteiger partial charge >= 0.3 is 6.18 Å². The Morgan fingerprint density at radius 1 is 1.27 bits per heavy atom. The Morgan fingerprint density at radius 2 is 2.00 bits per heavy atom. The van der Waals surface area contributed by atoms with E-state index in [1.807, 2.05) is 0 Å². The van der Waals surface area contributed by atoms with E-state index in [1.165, 1.54) is 31.4 Å². The maximum absolute atomic E-state index is 14.8. The minimum absolute atomic E-state index is 0.00120. The van der Waals surface area contributed by atoms with Crippen LogP contribution < -0.4 is 30.6 Å². The van der Waals surface area contributed by atoms with Gasteiger partial charge < -0.3 is 35.7 Å². The van der Waals surface area contributed by atoms with Crippen LogP contribution in [0.2, 0.25) is 0 Å². The second-order valence-electron chi connectivity index (χ2n) is 11.7. The third-order valence-corrected chi connectivity index (χ3v) is 8.86. The van der Waals surface area contributed by atoms with Gasteiger partial charge in [-0.25, -0.2) is 9.37 Å². The summed E-state index contributed by atoms with van der Waals surface area (Å²) >= 11 is 6.21. The van der Waals surface area contributed by atoms with E-state index in [4.69, 9.17) is 31.5 Å². The molecule has 5 N–H and O–H groups in total. The molecule has 1 saturated carbocycles. The van der Waals surface area contributed by atoms with E-state index in [0.717, 1.165) is 25.0 Å². The number of nitrogens with two attached hydrogens (primary N) is 1. The van der Waals surface area contributed by atoms with Crippen LogP contribution in [0.4, 0.5) is 17.6 Å². The van der Waals surface area contributed by atoms with Crippen molar-refractivity contribution in [3.63, 3.8) is 0 Å². The average Bonchev–Trinajstić information content (AvgIpc) is 3.77. The number of alkyl halides is 3. The standard InChI is InChI=1S/C31H35ClF4N4O5/c1-16-19(7-8-21(33)25(16)32)26-27-20(29(2,15-44-27)39-11-10-37)13-24(40-26)30(42,31(34,35)36)14-38-28(41)17-4-9-22(23(12-17)43-3)45-18-5-6-18/h4,7-9,12-13,16,18-19,39,42H,5-6,10-11,14-15,37H2,1-3H3,(H,38,41). The first kappa shape index (κ1) is 33.0. The molecule has 2 aromatic rings. The number of nitrogens with zero attached hydrogens (tertiary/aromatic N) is 1. The third kappa shape index (κ3) is 6.35. The van der Waals surface area contributed by atoms with E-state index in [1.54, 1.807) is 13.8 Å². The molecule has 14 heteroatoms. The summed E-state index contributed by atoms with van der Waals surface area (Å²) in [6.45, 7) is 2.68. The highest BCUT2D eigenvalue weighted by Gasteiger charge is 2.57. The molecule has 5 rings (SSSR count). The molecule has 1 fully saturated rings. The van der Waals surface area contributed by atoms with Crippen LogP contribution in [-0.4, -0.2) is 61.6 Å². The van der Waals surface area contributed by atoms with Gasteiger partial charge in [0.1, 0.15) is 18.2 Å². The predicted molar refractivity (Wildman–Crippen MR) is 158 cm³/mol. The second-order valence-corrected chi connectivity index (χ2v) is 12.1. The summed E-state index contributed by atoms with van der Waals surface area (Å²) in [5.74, 6) is -2.17. The molecular formula is C31H35ClF4N4O5. The number of methoxy groups -OCH3 is 1.